The summed E-state index contributed by atoms with van der Waals surface area (Å²) in [6, 6.07) is -2.44. The van der Waals surface area contributed by atoms with Gasteiger partial charge in [-0.3, -0.25) is 9.59 Å². The van der Waals surface area contributed by atoms with E-state index >= 15 is 0 Å². The number of aliphatic hydroxyl groups excluding tert-OH is 1. The first-order valence-corrected chi connectivity index (χ1v) is 6.39. The Bertz CT molecular complexity index is 529. The fourth-order valence-corrected chi connectivity index (χ4v) is 1.04. The molecule has 1 aromatic rings. The second-order valence-electron chi connectivity index (χ2n) is 4.33. The number of aromatic nitrogens is 2. The molecular formula is C11H20N6O6. The van der Waals surface area contributed by atoms with Gasteiger partial charge in [0.15, 0.2) is 5.82 Å². The number of urea groups is 1. The van der Waals surface area contributed by atoms with Crippen LogP contribution >= 0.6 is 0 Å². The van der Waals surface area contributed by atoms with Gasteiger partial charge < -0.3 is 36.8 Å². The van der Waals surface area contributed by atoms with Gasteiger partial charge in [-0.25, -0.2) is 4.79 Å². The lowest BCUT2D eigenvalue weighted by Crippen LogP contribution is -2.44. The standard InChI is InChI=1S/C9H15N5O5.C2H5NO/c1-4(8(16)17)12-9(18)11-2-6-13-7(14-19-6)5(10)3-15;1-2(3)4/h4-5,15H,2-3,10H2,1H3,(H,16,17)(H2,11,12,18);1H3,(H2,3,4). The largest absolute Gasteiger partial charge is 0.480 e. The highest BCUT2D eigenvalue weighted by Crippen LogP contribution is 2.04. The molecule has 3 amide bonds. The fraction of sp³-hybridized carbons (Fsp3) is 0.545. The van der Waals surface area contributed by atoms with Crippen LogP contribution in [0.2, 0.25) is 0 Å². The molecule has 0 fully saturated rings. The van der Waals surface area contributed by atoms with Crippen LogP contribution in [0.15, 0.2) is 4.52 Å². The van der Waals surface area contributed by atoms with Gasteiger partial charge >= 0.3 is 12.0 Å². The number of carbonyl (C=O) groups is 3. The first-order valence-electron chi connectivity index (χ1n) is 6.39. The average molecular weight is 332 g/mol. The van der Waals surface area contributed by atoms with Gasteiger partial charge in [-0.15, -0.1) is 0 Å². The van der Waals surface area contributed by atoms with Crippen LogP contribution in [0.1, 0.15) is 31.6 Å². The molecule has 0 spiro atoms. The molecule has 0 saturated heterocycles. The maximum Gasteiger partial charge on any atom is 0.325 e. The first kappa shape index (κ1) is 20.3. The van der Waals surface area contributed by atoms with Crippen LogP contribution in [0.25, 0.3) is 0 Å². The molecule has 0 bridgehead atoms. The van der Waals surface area contributed by atoms with Crippen LogP contribution in [-0.4, -0.2) is 50.9 Å². The van der Waals surface area contributed by atoms with Crippen LogP contribution in [0, 0.1) is 0 Å². The zero-order valence-corrected chi connectivity index (χ0v) is 12.6. The number of rotatable bonds is 6. The molecule has 1 heterocycles. The van der Waals surface area contributed by atoms with Crippen molar-refractivity contribution in [3.05, 3.63) is 11.7 Å². The quantitative estimate of drug-likeness (QED) is 0.334. The molecule has 0 aromatic carbocycles. The van der Waals surface area contributed by atoms with Crippen LogP contribution < -0.4 is 22.1 Å². The second-order valence-corrected chi connectivity index (χ2v) is 4.33. The van der Waals surface area contributed by atoms with E-state index in [2.05, 4.69) is 26.5 Å². The molecule has 23 heavy (non-hydrogen) atoms. The van der Waals surface area contributed by atoms with Crippen molar-refractivity contribution in [1.82, 2.24) is 20.8 Å². The SMILES string of the molecule is CC(N)=O.CC(NC(=O)NCc1nc(C(N)CO)no1)C(=O)O. The number of nitrogens with zero attached hydrogens (tertiary/aromatic N) is 2. The zero-order valence-electron chi connectivity index (χ0n) is 12.6. The minimum Gasteiger partial charge on any atom is -0.480 e. The monoisotopic (exact) mass is 332 g/mol. The summed E-state index contributed by atoms with van der Waals surface area (Å²) in [6.07, 6.45) is 0. The third kappa shape index (κ3) is 9.00. The summed E-state index contributed by atoms with van der Waals surface area (Å²) in [5.41, 5.74) is 9.94. The molecule has 2 atom stereocenters. The topological polar surface area (TPSA) is 207 Å². The van der Waals surface area contributed by atoms with Crippen molar-refractivity contribution in [3.63, 3.8) is 0 Å². The Morgan fingerprint density at radius 2 is 1.96 bits per heavy atom. The third-order valence-corrected chi connectivity index (χ3v) is 2.13. The Hall–Kier alpha value is -2.73. The molecule has 1 aromatic heterocycles. The highest BCUT2D eigenvalue weighted by Gasteiger charge is 2.16. The molecule has 12 nitrogen and oxygen atoms in total. The fourth-order valence-electron chi connectivity index (χ4n) is 1.04. The second kappa shape index (κ2) is 10.1. The number of hydrogen-bond donors (Lipinski definition) is 6. The maximum absolute atomic E-state index is 11.3. The molecule has 130 valence electrons. The van der Waals surface area contributed by atoms with E-state index in [1.54, 1.807) is 0 Å². The molecule has 12 heteroatoms. The van der Waals surface area contributed by atoms with Gasteiger partial charge in [0.05, 0.1) is 19.2 Å². The predicted octanol–water partition coefficient (Wildman–Crippen LogP) is -2.17. The number of aliphatic hydroxyl groups is 1. The molecule has 2 unspecified atom stereocenters. The van der Waals surface area contributed by atoms with Crippen LogP contribution in [0.3, 0.4) is 0 Å². The number of primary amides is 1. The normalized spacial score (nSPS) is 12.3. The highest BCUT2D eigenvalue weighted by atomic mass is 16.5. The van der Waals surface area contributed by atoms with Gasteiger partial charge in [-0.1, -0.05) is 5.16 Å². The van der Waals surface area contributed by atoms with Gasteiger partial charge in [0.25, 0.3) is 0 Å². The minimum absolute atomic E-state index is 0.0800. The molecule has 0 aliphatic heterocycles. The van der Waals surface area contributed by atoms with Crippen LogP contribution in [-0.2, 0) is 16.1 Å². The molecule has 0 aliphatic rings. The number of carboxylic acids is 1. The summed E-state index contributed by atoms with van der Waals surface area (Å²) >= 11 is 0. The van der Waals surface area contributed by atoms with Gasteiger partial charge in [0, 0.05) is 6.92 Å². The number of carbonyl (C=O) groups excluding carboxylic acids is 2. The van der Waals surface area contributed by atoms with Crippen molar-refractivity contribution >= 4 is 17.9 Å². The lowest BCUT2D eigenvalue weighted by Gasteiger charge is -2.09. The van der Waals surface area contributed by atoms with E-state index in [0.29, 0.717) is 0 Å². The maximum atomic E-state index is 11.3. The van der Waals surface area contributed by atoms with Crippen molar-refractivity contribution in [2.45, 2.75) is 32.5 Å². The van der Waals surface area contributed by atoms with Crippen LogP contribution in [0.4, 0.5) is 4.79 Å². The summed E-state index contributed by atoms with van der Waals surface area (Å²) in [5.74, 6) is -1.26. The summed E-state index contributed by atoms with van der Waals surface area (Å²) in [6.45, 7) is 2.22. The number of amides is 3. The number of aliphatic carboxylic acids is 1. The average Bonchev–Trinajstić information content (AvgIpc) is 2.92. The summed E-state index contributed by atoms with van der Waals surface area (Å²) in [7, 11) is 0. The van der Waals surface area contributed by atoms with Crippen molar-refractivity contribution in [3.8, 4) is 0 Å². The van der Waals surface area contributed by atoms with Gasteiger partial charge in [0.2, 0.25) is 11.8 Å². The number of nitrogens with one attached hydrogen (secondary N) is 2. The van der Waals surface area contributed by atoms with E-state index in [4.69, 9.17) is 20.5 Å². The molecule has 0 radical (unpaired) electrons. The smallest absolute Gasteiger partial charge is 0.325 e. The molecule has 0 aliphatic carbocycles. The van der Waals surface area contributed by atoms with Gasteiger partial charge in [0.1, 0.15) is 6.04 Å². The molecule has 8 N–H and O–H groups in total. The lowest BCUT2D eigenvalue weighted by atomic mass is 10.3. The molecule has 1 rings (SSSR count). The Morgan fingerprint density at radius 3 is 2.43 bits per heavy atom. The highest BCUT2D eigenvalue weighted by molar-refractivity contribution is 5.81. The van der Waals surface area contributed by atoms with Gasteiger partial charge in [-0.2, -0.15) is 4.98 Å². The van der Waals surface area contributed by atoms with Crippen molar-refractivity contribution in [1.29, 1.82) is 0 Å². The van der Waals surface area contributed by atoms with E-state index in [0.717, 1.165) is 0 Å². The lowest BCUT2D eigenvalue weighted by molar-refractivity contribution is -0.138. The third-order valence-electron chi connectivity index (χ3n) is 2.13. The number of carboxylic acid groups (broad SMARTS) is 1. The zero-order chi connectivity index (χ0) is 18.0. The first-order chi connectivity index (χ1) is 10.7. The van der Waals surface area contributed by atoms with Crippen molar-refractivity contribution in [2.24, 2.45) is 11.5 Å². The molecule has 0 saturated carbocycles. The van der Waals surface area contributed by atoms with E-state index in [1.165, 1.54) is 13.8 Å². The van der Waals surface area contributed by atoms with Crippen LogP contribution in [0.5, 0.6) is 0 Å². The predicted molar refractivity (Wildman–Crippen MR) is 75.6 cm³/mol. The minimum atomic E-state index is -1.15. The van der Waals surface area contributed by atoms with Gasteiger partial charge in [-0.05, 0) is 6.92 Å². The Labute approximate surface area is 131 Å². The summed E-state index contributed by atoms with van der Waals surface area (Å²) in [4.78, 5) is 34.9. The van der Waals surface area contributed by atoms with Crippen molar-refractivity contribution in [2.75, 3.05) is 6.61 Å². The summed E-state index contributed by atoms with van der Waals surface area (Å²) in [5, 5.41) is 25.4. The van der Waals surface area contributed by atoms with E-state index < -0.39 is 24.1 Å². The Kier molecular flexibility index (Phi) is 8.88. The van der Waals surface area contributed by atoms with E-state index in [9.17, 15) is 14.4 Å². The van der Waals surface area contributed by atoms with Crippen molar-refractivity contribution < 1.29 is 29.1 Å². The Balaban J connectivity index is 0.00000108. The van der Waals surface area contributed by atoms with E-state index in [1.807, 2.05) is 0 Å². The number of hydrogen-bond acceptors (Lipinski definition) is 8. The summed E-state index contributed by atoms with van der Waals surface area (Å²) < 4.78 is 4.78. The number of nitrogens with two attached hydrogens (primary N) is 2. The van der Waals surface area contributed by atoms with E-state index in [-0.39, 0.29) is 30.8 Å². The molecular weight excluding hydrogens is 312 g/mol. The Morgan fingerprint density at radius 1 is 1.39 bits per heavy atom.